The number of hydrogen-bond donors (Lipinski definition) is 1. The predicted octanol–water partition coefficient (Wildman–Crippen LogP) is 3.08. The highest BCUT2D eigenvalue weighted by atomic mass is 35.5. The van der Waals surface area contributed by atoms with Gasteiger partial charge in [-0.3, -0.25) is 14.9 Å². The highest BCUT2D eigenvalue weighted by molar-refractivity contribution is 6.25. The van der Waals surface area contributed by atoms with Crippen LogP contribution in [0.15, 0.2) is 35.9 Å². The van der Waals surface area contributed by atoms with Crippen LogP contribution in [0.4, 0.5) is 10.5 Å². The van der Waals surface area contributed by atoms with Crippen LogP contribution in [0.3, 0.4) is 0 Å². The fraction of sp³-hybridized carbons (Fsp3) is 0.421. The van der Waals surface area contributed by atoms with Crippen LogP contribution in [-0.2, 0) is 25.7 Å². The monoisotopic (exact) mass is 440 g/mol. The van der Waals surface area contributed by atoms with Gasteiger partial charge in [0.1, 0.15) is 24.1 Å². The number of rotatable bonds is 8. The minimum Gasteiger partial charge on any atom is -0.478 e. The molecule has 1 aliphatic heterocycles. The van der Waals surface area contributed by atoms with Gasteiger partial charge in [0, 0.05) is 18.2 Å². The number of hydrogen-bond acceptors (Lipinski definition) is 7. The first kappa shape index (κ1) is 23.1. The number of carboxylic acids is 1. The van der Waals surface area contributed by atoms with Gasteiger partial charge in [0.05, 0.1) is 11.0 Å². The molecule has 1 unspecified atom stereocenters. The Balaban J connectivity index is 1.87. The summed E-state index contributed by atoms with van der Waals surface area (Å²) in [6.07, 6.45) is -0.868. The van der Waals surface area contributed by atoms with Crippen LogP contribution in [0.1, 0.15) is 26.3 Å². The third-order valence-corrected chi connectivity index (χ3v) is 5.30. The van der Waals surface area contributed by atoms with Crippen molar-refractivity contribution < 1.29 is 33.9 Å². The normalized spacial score (nSPS) is 20.7. The number of alkyl halides is 1. The number of non-ortho nitro benzene ring substituents is 1. The van der Waals surface area contributed by atoms with Gasteiger partial charge < -0.3 is 19.5 Å². The number of carboxylic acid groups (broad SMARTS) is 1. The van der Waals surface area contributed by atoms with E-state index >= 15 is 0 Å². The van der Waals surface area contributed by atoms with Crippen LogP contribution in [-0.4, -0.2) is 50.6 Å². The summed E-state index contributed by atoms with van der Waals surface area (Å²) in [5, 5.41) is 19.5. The van der Waals surface area contributed by atoms with Gasteiger partial charge >= 0.3 is 12.1 Å². The Labute approximate surface area is 177 Å². The second kappa shape index (κ2) is 9.57. The van der Waals surface area contributed by atoms with Gasteiger partial charge in [-0.05, 0) is 44.0 Å². The minimum absolute atomic E-state index is 0.0844. The van der Waals surface area contributed by atoms with Crippen LogP contribution in [0, 0.1) is 16.0 Å². The molecule has 1 heterocycles. The molecule has 1 saturated heterocycles. The molecule has 1 fully saturated rings. The lowest BCUT2D eigenvalue weighted by Gasteiger charge is -2.48. The Hall–Kier alpha value is -3.14. The third kappa shape index (κ3) is 5.26. The number of β-lactam (4-membered cyclic amide) rings is 1. The highest BCUT2D eigenvalue weighted by Gasteiger charge is 2.52. The number of benzene rings is 1. The van der Waals surface area contributed by atoms with Crippen molar-refractivity contribution in [3.8, 4) is 0 Å². The number of carbonyl (C=O) groups excluding carboxylic acids is 2. The van der Waals surface area contributed by atoms with Gasteiger partial charge in [-0.2, -0.15) is 0 Å². The van der Waals surface area contributed by atoms with Crippen molar-refractivity contribution in [2.24, 2.45) is 5.92 Å². The molecule has 11 heteroatoms. The summed E-state index contributed by atoms with van der Waals surface area (Å²) in [5.41, 5.74) is 0.123. The van der Waals surface area contributed by atoms with E-state index < -0.39 is 40.6 Å². The first-order valence-electron chi connectivity index (χ1n) is 8.97. The summed E-state index contributed by atoms with van der Waals surface area (Å²) in [6, 6.07) is 4.95. The Bertz CT molecular complexity index is 870. The minimum atomic E-state index is -1.12. The van der Waals surface area contributed by atoms with E-state index in [1.807, 2.05) is 0 Å². The summed E-state index contributed by atoms with van der Waals surface area (Å²) in [6.45, 7) is 4.59. The van der Waals surface area contributed by atoms with Crippen molar-refractivity contribution in [2.75, 3.05) is 0 Å². The number of nitro groups is 1. The van der Waals surface area contributed by atoms with Gasteiger partial charge in [-0.1, -0.05) is 11.6 Å². The molecule has 2 rings (SSSR count). The maximum absolute atomic E-state index is 12.5. The maximum atomic E-state index is 12.5. The fourth-order valence-electron chi connectivity index (χ4n) is 2.98. The number of halogens is 1. The lowest BCUT2D eigenvalue weighted by Crippen LogP contribution is -2.65. The molecule has 162 valence electrons. The van der Waals surface area contributed by atoms with Crippen molar-refractivity contribution in [2.45, 2.75) is 45.0 Å². The summed E-state index contributed by atoms with van der Waals surface area (Å²) >= 11 is 6.29. The highest BCUT2D eigenvalue weighted by Crippen LogP contribution is 2.37. The van der Waals surface area contributed by atoms with Crippen LogP contribution in [0.25, 0.3) is 0 Å². The van der Waals surface area contributed by atoms with Crippen molar-refractivity contribution in [1.82, 2.24) is 4.90 Å². The molecule has 0 bridgehead atoms. The van der Waals surface area contributed by atoms with Gasteiger partial charge in [0.25, 0.3) is 5.69 Å². The molecule has 0 aliphatic carbocycles. The maximum Gasteiger partial charge on any atom is 0.508 e. The predicted molar refractivity (Wildman–Crippen MR) is 105 cm³/mol. The molecule has 0 saturated carbocycles. The van der Waals surface area contributed by atoms with Crippen molar-refractivity contribution in [3.05, 3.63) is 51.6 Å². The average molecular weight is 441 g/mol. The molecule has 1 aliphatic rings. The van der Waals surface area contributed by atoms with Gasteiger partial charge in [0.15, 0.2) is 0 Å². The molecule has 1 amide bonds. The van der Waals surface area contributed by atoms with E-state index in [-0.39, 0.29) is 18.2 Å². The van der Waals surface area contributed by atoms with E-state index in [0.29, 0.717) is 11.1 Å². The van der Waals surface area contributed by atoms with E-state index in [1.54, 1.807) is 13.8 Å². The average Bonchev–Trinajstić information content (AvgIpc) is 2.66. The first-order valence-corrected chi connectivity index (χ1v) is 9.40. The molecule has 0 spiro atoms. The molecular weight excluding hydrogens is 420 g/mol. The van der Waals surface area contributed by atoms with Crippen LogP contribution in [0.5, 0.6) is 0 Å². The number of likely N-dealkylation sites (tertiary alicyclic amines) is 1. The number of carbonyl (C=O) groups is 3. The van der Waals surface area contributed by atoms with Crippen LogP contribution < -0.4 is 0 Å². The Kier molecular flexibility index (Phi) is 7.38. The molecule has 1 aromatic rings. The number of nitrogens with zero attached hydrogens (tertiary/aromatic N) is 2. The topological polar surface area (TPSA) is 136 Å². The Morgan fingerprint density at radius 3 is 2.43 bits per heavy atom. The van der Waals surface area contributed by atoms with Gasteiger partial charge in [-0.25, -0.2) is 9.59 Å². The number of aliphatic carboxylic acids is 1. The lowest BCUT2D eigenvalue weighted by atomic mass is 9.89. The molecule has 1 N–H and O–H groups in total. The van der Waals surface area contributed by atoms with Crippen molar-refractivity contribution >= 4 is 35.3 Å². The third-order valence-electron chi connectivity index (χ3n) is 4.82. The molecule has 4 atom stereocenters. The van der Waals surface area contributed by atoms with Crippen LogP contribution in [0.2, 0.25) is 0 Å². The summed E-state index contributed by atoms with van der Waals surface area (Å²) in [5.74, 6) is -2.28. The SMILES string of the molecule is CC(=CC(=O)O)C(C)N1C(=O)[C@H]([C@H](C)OC(=O)OCc2ccc([N+](=O)[O-])cc2)[C@H]1Cl. The fourth-order valence-corrected chi connectivity index (χ4v) is 3.56. The number of ether oxygens (including phenoxy) is 2. The second-order valence-electron chi connectivity index (χ2n) is 6.83. The zero-order valence-electron chi connectivity index (χ0n) is 16.5. The van der Waals surface area contributed by atoms with Gasteiger partial charge in [0.2, 0.25) is 5.91 Å². The largest absolute Gasteiger partial charge is 0.508 e. The molecule has 1 aromatic carbocycles. The summed E-state index contributed by atoms with van der Waals surface area (Å²) in [7, 11) is 0. The van der Waals surface area contributed by atoms with E-state index in [4.69, 9.17) is 26.2 Å². The zero-order chi connectivity index (χ0) is 22.6. The van der Waals surface area contributed by atoms with E-state index in [0.717, 1.165) is 6.08 Å². The lowest BCUT2D eigenvalue weighted by molar-refractivity contribution is -0.384. The standard InChI is InChI=1S/C19H21ClN2O8/c1-10(8-15(23)24)11(2)21-17(20)16(18(21)25)12(3)30-19(26)29-9-13-4-6-14(7-5-13)22(27)28/h4-8,11-12,16-17H,9H2,1-3H3,(H,23,24)/t11?,12-,16+,17-/m0/s1. The first-order chi connectivity index (χ1) is 14.0. The smallest absolute Gasteiger partial charge is 0.478 e. The van der Waals surface area contributed by atoms with Crippen molar-refractivity contribution in [3.63, 3.8) is 0 Å². The summed E-state index contributed by atoms with van der Waals surface area (Å²) in [4.78, 5) is 46.6. The van der Waals surface area contributed by atoms with E-state index in [2.05, 4.69) is 0 Å². The molecular formula is C19H21ClN2O8. The zero-order valence-corrected chi connectivity index (χ0v) is 17.2. The molecule has 0 aromatic heterocycles. The van der Waals surface area contributed by atoms with Crippen LogP contribution >= 0.6 is 11.6 Å². The van der Waals surface area contributed by atoms with Gasteiger partial charge in [-0.15, -0.1) is 0 Å². The Morgan fingerprint density at radius 2 is 1.93 bits per heavy atom. The Morgan fingerprint density at radius 1 is 1.33 bits per heavy atom. The van der Waals surface area contributed by atoms with Crippen molar-refractivity contribution in [1.29, 1.82) is 0 Å². The quantitative estimate of drug-likeness (QED) is 0.124. The second-order valence-corrected chi connectivity index (χ2v) is 7.28. The van der Waals surface area contributed by atoms with E-state index in [9.17, 15) is 24.5 Å². The summed E-state index contributed by atoms with van der Waals surface area (Å²) < 4.78 is 10.1. The molecule has 30 heavy (non-hydrogen) atoms. The van der Waals surface area contributed by atoms with E-state index in [1.165, 1.54) is 36.1 Å². The number of nitro benzene ring substituents is 1. The molecule has 0 radical (unpaired) electrons. The number of amides is 1. The molecule has 10 nitrogen and oxygen atoms in total.